The maximum atomic E-state index is 12.6. The Balaban J connectivity index is 3.39. The first-order valence-corrected chi connectivity index (χ1v) is 4.43. The summed E-state index contributed by atoms with van der Waals surface area (Å²) in [6.45, 7) is 0.957. The Morgan fingerprint density at radius 3 is 2.06 bits per heavy atom. The number of alkyl halides is 6. The highest BCUT2D eigenvalue weighted by molar-refractivity contribution is 5.42. The summed E-state index contributed by atoms with van der Waals surface area (Å²) < 4.78 is 81.7. The van der Waals surface area contributed by atoms with Crippen LogP contribution in [0.15, 0.2) is 6.07 Å². The highest BCUT2D eigenvalue weighted by Gasteiger charge is 2.41. The molecule has 0 aliphatic heterocycles. The fraction of sp³-hybridized carbons (Fsp3) is 0.444. The highest BCUT2D eigenvalue weighted by Crippen LogP contribution is 2.41. The Bertz CT molecular complexity index is 440. The first-order chi connectivity index (χ1) is 8.04. The van der Waals surface area contributed by atoms with Crippen molar-refractivity contribution in [3.63, 3.8) is 0 Å². The number of pyridine rings is 1. The summed E-state index contributed by atoms with van der Waals surface area (Å²) in [6.07, 6.45) is -10.2. The van der Waals surface area contributed by atoms with E-state index in [-0.39, 0.29) is 0 Å². The van der Waals surface area contributed by atoms with Crippen LogP contribution in [0.2, 0.25) is 0 Å². The van der Waals surface area contributed by atoms with Crippen molar-refractivity contribution in [3.8, 4) is 11.6 Å². The van der Waals surface area contributed by atoms with Gasteiger partial charge in [-0.2, -0.15) is 13.2 Å². The molecule has 18 heavy (non-hydrogen) atoms. The van der Waals surface area contributed by atoms with Crippen LogP contribution in [-0.4, -0.2) is 18.5 Å². The van der Waals surface area contributed by atoms with Crippen LogP contribution in [0.5, 0.6) is 11.6 Å². The van der Waals surface area contributed by atoms with Crippen molar-refractivity contribution in [2.75, 3.05) is 7.11 Å². The van der Waals surface area contributed by atoms with Crippen LogP contribution in [0.25, 0.3) is 0 Å². The first-order valence-electron chi connectivity index (χ1n) is 4.43. The van der Waals surface area contributed by atoms with Gasteiger partial charge in [-0.15, -0.1) is 13.2 Å². The average molecular weight is 275 g/mol. The molecule has 0 unspecified atom stereocenters. The average Bonchev–Trinajstić information content (AvgIpc) is 2.17. The molecule has 1 heterocycles. The molecule has 0 N–H and O–H groups in total. The molecule has 0 spiro atoms. The minimum absolute atomic E-state index is 0.341. The Labute approximate surface area is 97.3 Å². The van der Waals surface area contributed by atoms with Gasteiger partial charge in [0.25, 0.3) is 0 Å². The summed E-state index contributed by atoms with van der Waals surface area (Å²) in [7, 11) is 1.05. The van der Waals surface area contributed by atoms with Gasteiger partial charge in [0, 0.05) is 6.07 Å². The van der Waals surface area contributed by atoms with E-state index in [0.717, 1.165) is 14.0 Å². The molecule has 0 aliphatic rings. The van der Waals surface area contributed by atoms with Gasteiger partial charge in [0.15, 0.2) is 5.75 Å². The molecule has 0 bridgehead atoms. The molecule has 0 aromatic carbocycles. The highest BCUT2D eigenvalue weighted by atomic mass is 19.4. The van der Waals surface area contributed by atoms with Crippen molar-refractivity contribution in [2.45, 2.75) is 19.5 Å². The molecule has 1 rings (SSSR count). The number of rotatable bonds is 2. The van der Waals surface area contributed by atoms with Crippen LogP contribution >= 0.6 is 0 Å². The summed E-state index contributed by atoms with van der Waals surface area (Å²) in [6, 6.07) is 0.341. The minimum Gasteiger partial charge on any atom is -0.481 e. The Hall–Kier alpha value is -1.67. The van der Waals surface area contributed by atoms with Gasteiger partial charge in [-0.05, 0) is 6.92 Å². The van der Waals surface area contributed by atoms with E-state index < -0.39 is 35.4 Å². The third-order valence-corrected chi connectivity index (χ3v) is 1.85. The quantitative estimate of drug-likeness (QED) is 0.776. The number of halogens is 6. The predicted molar refractivity (Wildman–Crippen MR) is 47.2 cm³/mol. The second-order valence-corrected chi connectivity index (χ2v) is 3.17. The molecule has 9 heteroatoms. The third-order valence-electron chi connectivity index (χ3n) is 1.85. The molecule has 1 aromatic rings. The van der Waals surface area contributed by atoms with Crippen LogP contribution in [0.4, 0.5) is 26.3 Å². The second-order valence-electron chi connectivity index (χ2n) is 3.17. The first kappa shape index (κ1) is 14.4. The van der Waals surface area contributed by atoms with Crippen LogP contribution in [0, 0.1) is 6.92 Å². The van der Waals surface area contributed by atoms with Gasteiger partial charge >= 0.3 is 12.5 Å². The molecule has 0 fully saturated rings. The number of aryl methyl sites for hydroxylation is 1. The Kier molecular flexibility index (Phi) is 3.63. The predicted octanol–water partition coefficient (Wildman–Crippen LogP) is 3.32. The minimum atomic E-state index is -5.24. The largest absolute Gasteiger partial charge is 0.573 e. The van der Waals surface area contributed by atoms with Crippen LogP contribution in [0.3, 0.4) is 0 Å². The SMILES string of the molecule is COc1cc(C(F)(F)F)c(OC(F)(F)F)c(C)n1. The van der Waals surface area contributed by atoms with E-state index >= 15 is 0 Å². The zero-order valence-electron chi connectivity index (χ0n) is 9.11. The molecule has 0 aliphatic carbocycles. The lowest BCUT2D eigenvalue weighted by molar-refractivity contribution is -0.276. The van der Waals surface area contributed by atoms with E-state index in [1.54, 1.807) is 0 Å². The number of methoxy groups -OCH3 is 1. The van der Waals surface area contributed by atoms with Gasteiger partial charge in [0.05, 0.1) is 12.8 Å². The van der Waals surface area contributed by atoms with E-state index in [4.69, 9.17) is 0 Å². The lowest BCUT2D eigenvalue weighted by Gasteiger charge is -2.17. The molecule has 0 saturated heterocycles. The third kappa shape index (κ3) is 3.41. The lowest BCUT2D eigenvalue weighted by Crippen LogP contribution is -2.21. The molecule has 0 saturated carbocycles. The van der Waals surface area contributed by atoms with Crippen molar-refractivity contribution in [1.82, 2.24) is 4.98 Å². The molecular formula is C9H7F6NO2. The summed E-state index contributed by atoms with van der Waals surface area (Å²) in [4.78, 5) is 3.40. The van der Waals surface area contributed by atoms with Gasteiger partial charge in [0.2, 0.25) is 5.88 Å². The summed E-state index contributed by atoms with van der Waals surface area (Å²) in [5, 5.41) is 0. The van der Waals surface area contributed by atoms with E-state index in [1.165, 1.54) is 0 Å². The molecule has 0 radical (unpaired) electrons. The number of nitrogens with zero attached hydrogens (tertiary/aromatic N) is 1. The van der Waals surface area contributed by atoms with Crippen molar-refractivity contribution in [2.24, 2.45) is 0 Å². The summed E-state index contributed by atoms with van der Waals surface area (Å²) >= 11 is 0. The number of hydrogen-bond acceptors (Lipinski definition) is 3. The van der Waals surface area contributed by atoms with Gasteiger partial charge < -0.3 is 9.47 Å². The molecule has 0 atom stereocenters. The van der Waals surface area contributed by atoms with E-state index in [2.05, 4.69) is 14.5 Å². The zero-order valence-corrected chi connectivity index (χ0v) is 9.11. The van der Waals surface area contributed by atoms with Crippen molar-refractivity contribution in [1.29, 1.82) is 0 Å². The molecular weight excluding hydrogens is 268 g/mol. The monoisotopic (exact) mass is 275 g/mol. The van der Waals surface area contributed by atoms with Crippen LogP contribution in [0.1, 0.15) is 11.3 Å². The Morgan fingerprint density at radius 2 is 1.67 bits per heavy atom. The topological polar surface area (TPSA) is 31.4 Å². The molecule has 1 aromatic heterocycles. The number of hydrogen-bond donors (Lipinski definition) is 0. The molecule has 0 amide bonds. The fourth-order valence-corrected chi connectivity index (χ4v) is 1.19. The van der Waals surface area contributed by atoms with E-state index in [1.807, 2.05) is 0 Å². The fourth-order valence-electron chi connectivity index (χ4n) is 1.19. The van der Waals surface area contributed by atoms with Gasteiger partial charge in [0.1, 0.15) is 5.56 Å². The van der Waals surface area contributed by atoms with E-state index in [9.17, 15) is 26.3 Å². The van der Waals surface area contributed by atoms with Gasteiger partial charge in [-0.3, -0.25) is 0 Å². The number of aromatic nitrogens is 1. The smallest absolute Gasteiger partial charge is 0.481 e. The maximum Gasteiger partial charge on any atom is 0.573 e. The standard InChI is InChI=1S/C9H7F6NO2/c1-4-7(18-9(13,14)15)5(8(10,11)12)3-6(16-4)17-2/h3H,1-2H3. The van der Waals surface area contributed by atoms with Crippen LogP contribution < -0.4 is 9.47 Å². The van der Waals surface area contributed by atoms with Gasteiger partial charge in [-0.25, -0.2) is 4.98 Å². The molecule has 3 nitrogen and oxygen atoms in total. The normalized spacial score (nSPS) is 12.4. The lowest BCUT2D eigenvalue weighted by atomic mass is 10.2. The van der Waals surface area contributed by atoms with Crippen molar-refractivity contribution >= 4 is 0 Å². The summed E-state index contributed by atoms with van der Waals surface area (Å²) in [5.74, 6) is -1.83. The van der Waals surface area contributed by atoms with E-state index in [0.29, 0.717) is 6.07 Å². The summed E-state index contributed by atoms with van der Waals surface area (Å²) in [5.41, 5.74) is -2.16. The van der Waals surface area contributed by atoms with Crippen LogP contribution in [-0.2, 0) is 6.18 Å². The van der Waals surface area contributed by atoms with Crippen molar-refractivity contribution < 1.29 is 35.8 Å². The Morgan fingerprint density at radius 1 is 1.11 bits per heavy atom. The van der Waals surface area contributed by atoms with Crippen molar-refractivity contribution in [3.05, 3.63) is 17.3 Å². The number of ether oxygens (including phenoxy) is 2. The van der Waals surface area contributed by atoms with Gasteiger partial charge in [-0.1, -0.05) is 0 Å². The molecule has 102 valence electrons. The maximum absolute atomic E-state index is 12.6. The zero-order chi connectivity index (χ0) is 14.1. The second kappa shape index (κ2) is 4.54.